The Hall–Kier alpha value is -1.54. The Morgan fingerprint density at radius 2 is 1.89 bits per heavy atom. The van der Waals surface area contributed by atoms with Crippen molar-refractivity contribution >= 4 is 11.9 Å². The molecule has 1 amide bonds. The highest BCUT2D eigenvalue weighted by Crippen LogP contribution is 2.04. The van der Waals surface area contributed by atoms with Crippen LogP contribution in [0.2, 0.25) is 0 Å². The van der Waals surface area contributed by atoms with E-state index in [2.05, 4.69) is 10.7 Å². The summed E-state index contributed by atoms with van der Waals surface area (Å²) in [5.74, 6) is 2.26. The monoisotopic (exact) mass is 269 g/mol. The Bertz CT molecular complexity index is 309. The second-order valence-corrected chi connectivity index (χ2v) is 4.11. The number of hydrogen-bond donors (Lipinski definition) is 0. The molecule has 0 radical (unpaired) electrons. The van der Waals surface area contributed by atoms with Gasteiger partial charge in [0.15, 0.2) is 0 Å². The molecule has 0 heterocycles. The van der Waals surface area contributed by atoms with E-state index in [0.717, 1.165) is 12.8 Å². The first-order valence-corrected chi connectivity index (χ1v) is 6.42. The molecule has 0 spiro atoms. The molecule has 0 aliphatic carbocycles. The Kier molecular flexibility index (Phi) is 10.6. The first-order chi connectivity index (χ1) is 9.15. The Morgan fingerprint density at radius 1 is 1.16 bits per heavy atom. The fourth-order valence-corrected chi connectivity index (χ4v) is 1.55. The van der Waals surface area contributed by atoms with Crippen LogP contribution in [-0.4, -0.2) is 50.7 Å². The van der Waals surface area contributed by atoms with Crippen molar-refractivity contribution in [1.82, 2.24) is 4.90 Å². The van der Waals surface area contributed by atoms with Crippen LogP contribution in [0, 0.1) is 12.3 Å². The summed E-state index contributed by atoms with van der Waals surface area (Å²) in [4.78, 5) is 24.7. The van der Waals surface area contributed by atoms with Gasteiger partial charge in [-0.05, 0) is 12.8 Å². The summed E-state index contributed by atoms with van der Waals surface area (Å²) in [6.07, 6.45) is 8.11. The molecule has 0 saturated heterocycles. The first kappa shape index (κ1) is 17.5. The quantitative estimate of drug-likeness (QED) is 0.340. The third-order valence-electron chi connectivity index (χ3n) is 2.69. The Labute approximate surface area is 115 Å². The molecule has 0 aromatic rings. The minimum absolute atomic E-state index is 0.0259. The lowest BCUT2D eigenvalue weighted by Crippen LogP contribution is -2.35. The highest BCUT2D eigenvalue weighted by atomic mass is 16.5. The maximum atomic E-state index is 12.0. The van der Waals surface area contributed by atoms with Crippen LogP contribution >= 0.6 is 0 Å². The second kappa shape index (κ2) is 11.5. The summed E-state index contributed by atoms with van der Waals surface area (Å²) in [7, 11) is 2.92. The predicted molar refractivity (Wildman–Crippen MR) is 72.4 cm³/mol. The Morgan fingerprint density at radius 3 is 2.47 bits per heavy atom. The van der Waals surface area contributed by atoms with E-state index in [0.29, 0.717) is 32.5 Å². The minimum Gasteiger partial charge on any atom is -0.469 e. The third-order valence-corrected chi connectivity index (χ3v) is 2.69. The average molecular weight is 269 g/mol. The van der Waals surface area contributed by atoms with Crippen LogP contribution in [-0.2, 0) is 19.1 Å². The fraction of sp³-hybridized carbons (Fsp3) is 0.714. The maximum Gasteiger partial charge on any atom is 0.307 e. The molecule has 0 aliphatic heterocycles. The highest BCUT2D eigenvalue weighted by molar-refractivity contribution is 5.77. The maximum absolute atomic E-state index is 12.0. The van der Waals surface area contributed by atoms with E-state index >= 15 is 0 Å². The zero-order chi connectivity index (χ0) is 14.5. The molecule has 0 saturated carbocycles. The lowest BCUT2D eigenvalue weighted by atomic mass is 10.2. The van der Waals surface area contributed by atoms with E-state index in [1.54, 1.807) is 12.0 Å². The minimum atomic E-state index is -0.317. The van der Waals surface area contributed by atoms with Gasteiger partial charge in [-0.2, -0.15) is 0 Å². The van der Waals surface area contributed by atoms with Crippen molar-refractivity contribution in [3.05, 3.63) is 0 Å². The van der Waals surface area contributed by atoms with Crippen LogP contribution in [0.25, 0.3) is 0 Å². The summed E-state index contributed by atoms with van der Waals surface area (Å²) >= 11 is 0. The molecular weight excluding hydrogens is 246 g/mol. The summed E-state index contributed by atoms with van der Waals surface area (Å²) in [5, 5.41) is 0. The van der Waals surface area contributed by atoms with Crippen LogP contribution < -0.4 is 0 Å². The van der Waals surface area contributed by atoms with Gasteiger partial charge >= 0.3 is 5.97 Å². The normalized spacial score (nSPS) is 9.74. The van der Waals surface area contributed by atoms with Crippen LogP contribution in [0.1, 0.15) is 32.1 Å². The zero-order valence-corrected chi connectivity index (χ0v) is 11.8. The molecule has 0 aromatic heterocycles. The fourth-order valence-electron chi connectivity index (χ4n) is 1.55. The van der Waals surface area contributed by atoms with Gasteiger partial charge in [0.1, 0.15) is 0 Å². The van der Waals surface area contributed by atoms with E-state index in [-0.39, 0.29) is 18.3 Å². The van der Waals surface area contributed by atoms with Crippen molar-refractivity contribution in [2.45, 2.75) is 32.1 Å². The second-order valence-electron chi connectivity index (χ2n) is 4.11. The zero-order valence-electron chi connectivity index (χ0n) is 11.8. The molecule has 5 nitrogen and oxygen atoms in total. The van der Waals surface area contributed by atoms with Gasteiger partial charge in [0, 0.05) is 33.0 Å². The molecule has 0 aliphatic rings. The smallest absolute Gasteiger partial charge is 0.307 e. The van der Waals surface area contributed by atoms with Gasteiger partial charge in [0.2, 0.25) is 5.91 Å². The lowest BCUT2D eigenvalue weighted by molar-refractivity contribution is -0.142. The molecule has 5 heteroatoms. The highest BCUT2D eigenvalue weighted by Gasteiger charge is 2.14. The molecule has 0 atom stereocenters. The van der Waals surface area contributed by atoms with Gasteiger partial charge in [-0.1, -0.05) is 0 Å². The van der Waals surface area contributed by atoms with E-state index in [4.69, 9.17) is 11.2 Å². The van der Waals surface area contributed by atoms with Gasteiger partial charge in [0.25, 0.3) is 0 Å². The van der Waals surface area contributed by atoms with Crippen LogP contribution in [0.15, 0.2) is 0 Å². The van der Waals surface area contributed by atoms with E-state index in [1.165, 1.54) is 7.11 Å². The average Bonchev–Trinajstić information content (AvgIpc) is 2.43. The van der Waals surface area contributed by atoms with Crippen LogP contribution in [0.3, 0.4) is 0 Å². The van der Waals surface area contributed by atoms with Gasteiger partial charge < -0.3 is 14.4 Å². The van der Waals surface area contributed by atoms with Crippen LogP contribution in [0.4, 0.5) is 0 Å². The van der Waals surface area contributed by atoms with E-state index in [9.17, 15) is 9.59 Å². The third kappa shape index (κ3) is 9.09. The summed E-state index contributed by atoms with van der Waals surface area (Å²) in [6, 6.07) is 0. The number of nitrogens with zero attached hydrogens (tertiary/aromatic N) is 1. The SMILES string of the molecule is C#CCCCCC(=O)N(CCOC)CCC(=O)OC. The number of carbonyl (C=O) groups is 2. The molecule has 0 aromatic carbocycles. The topological polar surface area (TPSA) is 55.8 Å². The predicted octanol–water partition coefficient (Wildman–Crippen LogP) is 1.22. The van der Waals surface area contributed by atoms with Gasteiger partial charge in [-0.25, -0.2) is 0 Å². The van der Waals surface area contributed by atoms with Crippen LogP contribution in [0.5, 0.6) is 0 Å². The Balaban J connectivity index is 4.11. The molecule has 19 heavy (non-hydrogen) atoms. The number of hydrogen-bond acceptors (Lipinski definition) is 4. The molecule has 0 fully saturated rings. The number of unbranched alkanes of at least 4 members (excludes halogenated alkanes) is 2. The first-order valence-electron chi connectivity index (χ1n) is 6.42. The largest absolute Gasteiger partial charge is 0.469 e. The van der Waals surface area contributed by atoms with E-state index < -0.39 is 0 Å². The number of esters is 1. The number of terminal acetylenes is 1. The van der Waals surface area contributed by atoms with Crippen molar-refractivity contribution in [1.29, 1.82) is 0 Å². The number of methoxy groups -OCH3 is 2. The molecule has 108 valence electrons. The number of rotatable bonds is 10. The molecule has 0 rings (SSSR count). The van der Waals surface area contributed by atoms with Gasteiger partial charge in [-0.15, -0.1) is 12.3 Å². The van der Waals surface area contributed by atoms with Crippen molar-refractivity contribution in [2.75, 3.05) is 33.9 Å². The molecule has 0 unspecified atom stereocenters. The summed E-state index contributed by atoms with van der Waals surface area (Å²) in [6.45, 7) is 1.31. The number of ether oxygens (including phenoxy) is 2. The number of carbonyl (C=O) groups excluding carboxylic acids is 2. The molecular formula is C14H23NO4. The van der Waals surface area contributed by atoms with Crippen molar-refractivity contribution in [2.24, 2.45) is 0 Å². The number of amides is 1. The lowest BCUT2D eigenvalue weighted by Gasteiger charge is -2.21. The molecule has 0 bridgehead atoms. The van der Waals surface area contributed by atoms with Crippen molar-refractivity contribution in [3.63, 3.8) is 0 Å². The standard InChI is InChI=1S/C14H23NO4/c1-4-5-6-7-8-13(16)15(11-12-18-2)10-9-14(17)19-3/h1H,5-12H2,2-3H3. The summed E-state index contributed by atoms with van der Waals surface area (Å²) in [5.41, 5.74) is 0. The van der Waals surface area contributed by atoms with Crippen molar-refractivity contribution in [3.8, 4) is 12.3 Å². The molecule has 0 N–H and O–H groups in total. The van der Waals surface area contributed by atoms with Gasteiger partial charge in [0.05, 0.1) is 20.1 Å². The van der Waals surface area contributed by atoms with Gasteiger partial charge in [-0.3, -0.25) is 9.59 Å². The van der Waals surface area contributed by atoms with E-state index in [1.807, 2.05) is 0 Å². The summed E-state index contributed by atoms with van der Waals surface area (Å²) < 4.78 is 9.53. The van der Waals surface area contributed by atoms with Crippen molar-refractivity contribution < 1.29 is 19.1 Å².